The highest BCUT2D eigenvalue weighted by Gasteiger charge is 2.12. The van der Waals surface area contributed by atoms with Crippen LogP contribution in [0.4, 0.5) is 0 Å². The lowest BCUT2D eigenvalue weighted by molar-refractivity contribution is -0.112. The SMILES string of the molecule is CC(C)(C#N)C=O.CNN. The van der Waals surface area contributed by atoms with Gasteiger partial charge in [-0.25, -0.2) is 0 Å². The maximum atomic E-state index is 9.84. The highest BCUT2D eigenvalue weighted by atomic mass is 16.1. The molecule has 0 aliphatic heterocycles. The Bertz CT molecular complexity index is 125. The molecule has 0 aromatic heterocycles. The van der Waals surface area contributed by atoms with Crippen LogP contribution in [0.5, 0.6) is 0 Å². The van der Waals surface area contributed by atoms with Gasteiger partial charge in [0.15, 0.2) is 0 Å². The number of nitrogens with two attached hydrogens (primary N) is 1. The Hall–Kier alpha value is -0.920. The summed E-state index contributed by atoms with van der Waals surface area (Å²) >= 11 is 0. The molecule has 0 spiro atoms. The van der Waals surface area contributed by atoms with Gasteiger partial charge in [0.25, 0.3) is 0 Å². The Balaban J connectivity index is 0. The van der Waals surface area contributed by atoms with Gasteiger partial charge in [-0.2, -0.15) is 5.26 Å². The zero-order valence-electron chi connectivity index (χ0n) is 6.51. The molecule has 0 fully saturated rings. The minimum Gasteiger partial charge on any atom is -0.302 e. The number of aldehydes is 1. The Morgan fingerprint density at radius 1 is 1.70 bits per heavy atom. The Morgan fingerprint density at radius 3 is 2.00 bits per heavy atom. The molecular weight excluding hydrogens is 130 g/mol. The molecule has 0 amide bonds. The van der Waals surface area contributed by atoms with E-state index in [4.69, 9.17) is 5.26 Å². The van der Waals surface area contributed by atoms with Gasteiger partial charge in [0.1, 0.15) is 11.7 Å². The van der Waals surface area contributed by atoms with E-state index >= 15 is 0 Å². The van der Waals surface area contributed by atoms with Crippen molar-refractivity contribution in [2.75, 3.05) is 7.05 Å². The smallest absolute Gasteiger partial charge is 0.139 e. The number of hydrogen-bond donors (Lipinski definition) is 2. The predicted octanol–water partition coefficient (Wildman–Crippen LogP) is -0.185. The van der Waals surface area contributed by atoms with Gasteiger partial charge in [0, 0.05) is 0 Å². The predicted molar refractivity (Wildman–Crippen MR) is 38.7 cm³/mol. The van der Waals surface area contributed by atoms with Gasteiger partial charge < -0.3 is 4.79 Å². The lowest BCUT2D eigenvalue weighted by Gasteiger charge is -1.99. The van der Waals surface area contributed by atoms with E-state index in [-0.39, 0.29) is 0 Å². The molecule has 0 aromatic carbocycles. The van der Waals surface area contributed by atoms with Gasteiger partial charge in [-0.3, -0.25) is 11.3 Å². The third-order valence-corrected chi connectivity index (χ3v) is 0.583. The number of nitrogens with zero attached hydrogens (tertiary/aromatic N) is 1. The van der Waals surface area contributed by atoms with Crippen LogP contribution in [0.15, 0.2) is 0 Å². The van der Waals surface area contributed by atoms with Gasteiger partial charge >= 0.3 is 0 Å². The van der Waals surface area contributed by atoms with Crippen molar-refractivity contribution >= 4 is 6.29 Å². The van der Waals surface area contributed by atoms with Crippen LogP contribution in [0.2, 0.25) is 0 Å². The summed E-state index contributed by atoms with van der Waals surface area (Å²) in [4.78, 5) is 9.84. The van der Waals surface area contributed by atoms with Gasteiger partial charge in [-0.1, -0.05) is 0 Å². The molecule has 3 N–H and O–H groups in total. The van der Waals surface area contributed by atoms with Crippen LogP contribution in [0, 0.1) is 16.7 Å². The maximum absolute atomic E-state index is 9.84. The van der Waals surface area contributed by atoms with Crippen molar-refractivity contribution in [3.63, 3.8) is 0 Å². The number of nitriles is 1. The first-order chi connectivity index (χ1) is 4.54. The minimum absolute atomic E-state index is 0.632. The lowest BCUT2D eigenvalue weighted by atomic mass is 9.99. The number of hydrazine groups is 1. The molecule has 10 heavy (non-hydrogen) atoms. The molecule has 0 aliphatic rings. The molecule has 0 saturated heterocycles. The summed E-state index contributed by atoms with van der Waals surface area (Å²) < 4.78 is 0. The second kappa shape index (κ2) is 6.20. The van der Waals surface area contributed by atoms with Crippen molar-refractivity contribution in [1.29, 1.82) is 5.26 Å². The normalized spacial score (nSPS) is 8.70. The van der Waals surface area contributed by atoms with E-state index in [2.05, 4.69) is 11.3 Å². The van der Waals surface area contributed by atoms with E-state index in [0.29, 0.717) is 6.29 Å². The Morgan fingerprint density at radius 2 is 2.00 bits per heavy atom. The van der Waals surface area contributed by atoms with Crippen LogP contribution in [0.3, 0.4) is 0 Å². The van der Waals surface area contributed by atoms with Crippen molar-refractivity contribution in [2.45, 2.75) is 13.8 Å². The van der Waals surface area contributed by atoms with Crippen LogP contribution in [0.25, 0.3) is 0 Å². The summed E-state index contributed by atoms with van der Waals surface area (Å²) in [6, 6.07) is 1.82. The first-order valence-corrected chi connectivity index (χ1v) is 2.79. The molecule has 0 atom stereocenters. The molecule has 4 nitrogen and oxygen atoms in total. The molecule has 0 saturated carbocycles. The summed E-state index contributed by atoms with van der Waals surface area (Å²) in [5.41, 5.74) is 1.46. The second-order valence-electron chi connectivity index (χ2n) is 2.24. The van der Waals surface area contributed by atoms with E-state index < -0.39 is 5.41 Å². The number of rotatable bonds is 1. The van der Waals surface area contributed by atoms with E-state index in [1.165, 1.54) is 0 Å². The second-order valence-corrected chi connectivity index (χ2v) is 2.24. The number of hydrogen-bond acceptors (Lipinski definition) is 4. The first kappa shape index (κ1) is 11.8. The molecule has 4 heteroatoms. The van der Waals surface area contributed by atoms with Crippen molar-refractivity contribution in [1.82, 2.24) is 5.43 Å². The van der Waals surface area contributed by atoms with Crippen LogP contribution >= 0.6 is 0 Å². The first-order valence-electron chi connectivity index (χ1n) is 2.79. The van der Waals surface area contributed by atoms with Crippen LogP contribution in [-0.2, 0) is 4.79 Å². The van der Waals surface area contributed by atoms with E-state index in [0.717, 1.165) is 0 Å². The fourth-order valence-corrected chi connectivity index (χ4v) is 0.0264. The molecule has 0 aromatic rings. The summed E-state index contributed by atoms with van der Waals surface area (Å²) in [5.74, 6) is 4.60. The molecule has 0 bridgehead atoms. The fourth-order valence-electron chi connectivity index (χ4n) is 0.0264. The number of carbonyl (C=O) groups excluding carboxylic acids is 1. The number of carbonyl (C=O) groups is 1. The molecular formula is C6H13N3O. The summed E-state index contributed by atoms with van der Waals surface area (Å²) in [5, 5.41) is 8.11. The largest absolute Gasteiger partial charge is 0.302 e. The van der Waals surface area contributed by atoms with E-state index in [9.17, 15) is 4.79 Å². The Kier molecular flexibility index (Phi) is 7.34. The minimum atomic E-state index is -0.792. The molecule has 0 rings (SSSR count). The standard InChI is InChI=1S/C5H7NO.CH6N2/c1-5(2,3-6)4-7;1-3-2/h4H,1-2H3;3H,2H2,1H3. The van der Waals surface area contributed by atoms with Crippen LogP contribution in [0.1, 0.15) is 13.8 Å². The van der Waals surface area contributed by atoms with E-state index in [1.54, 1.807) is 20.9 Å². The zero-order chi connectivity index (χ0) is 8.62. The average molecular weight is 143 g/mol. The van der Waals surface area contributed by atoms with Gasteiger partial charge in [0.2, 0.25) is 0 Å². The fraction of sp³-hybridized carbons (Fsp3) is 0.667. The zero-order valence-corrected chi connectivity index (χ0v) is 6.51. The average Bonchev–Trinajstić information content (AvgIpc) is 1.90. The molecule has 0 unspecified atom stereocenters. The third kappa shape index (κ3) is 10.1. The van der Waals surface area contributed by atoms with Crippen LogP contribution in [-0.4, -0.2) is 13.3 Å². The van der Waals surface area contributed by atoms with E-state index in [1.807, 2.05) is 6.07 Å². The highest BCUT2D eigenvalue weighted by Crippen LogP contribution is 2.06. The van der Waals surface area contributed by atoms with Gasteiger partial charge in [-0.05, 0) is 20.9 Å². The quantitative estimate of drug-likeness (QED) is 0.303. The highest BCUT2D eigenvalue weighted by molar-refractivity contribution is 5.62. The number of nitrogens with one attached hydrogen (secondary N) is 1. The van der Waals surface area contributed by atoms with Gasteiger partial charge in [0.05, 0.1) is 6.07 Å². The summed E-state index contributed by atoms with van der Waals surface area (Å²) in [7, 11) is 1.65. The van der Waals surface area contributed by atoms with Crippen LogP contribution < -0.4 is 11.3 Å². The van der Waals surface area contributed by atoms with Crippen molar-refractivity contribution in [2.24, 2.45) is 11.3 Å². The maximum Gasteiger partial charge on any atom is 0.139 e. The summed E-state index contributed by atoms with van der Waals surface area (Å²) in [6.07, 6.45) is 0.632. The molecule has 0 heterocycles. The monoisotopic (exact) mass is 143 g/mol. The van der Waals surface area contributed by atoms with Crippen molar-refractivity contribution < 1.29 is 4.79 Å². The molecule has 0 radical (unpaired) electrons. The lowest BCUT2D eigenvalue weighted by Crippen LogP contribution is -2.13. The van der Waals surface area contributed by atoms with Crippen molar-refractivity contribution in [3.05, 3.63) is 0 Å². The summed E-state index contributed by atoms with van der Waals surface area (Å²) in [6.45, 7) is 3.14. The third-order valence-electron chi connectivity index (χ3n) is 0.583. The van der Waals surface area contributed by atoms with Crippen molar-refractivity contribution in [3.8, 4) is 6.07 Å². The van der Waals surface area contributed by atoms with Gasteiger partial charge in [-0.15, -0.1) is 0 Å². The topological polar surface area (TPSA) is 78.9 Å². The Labute approximate surface area is 61.0 Å². The molecule has 58 valence electrons. The molecule has 0 aliphatic carbocycles.